The Labute approximate surface area is 307 Å². The number of allylic oxidation sites excluding steroid dienone is 4. The zero-order valence-corrected chi connectivity index (χ0v) is 32.5. The van der Waals surface area contributed by atoms with E-state index in [4.69, 9.17) is 0 Å². The second kappa shape index (κ2) is 13.7. The molecule has 0 nitrogen and oxygen atoms in total. The summed E-state index contributed by atoms with van der Waals surface area (Å²) in [6.07, 6.45) is 33.8. The normalized spacial score (nSPS) is 51.1. The molecule has 6 saturated carbocycles. The van der Waals surface area contributed by atoms with Crippen molar-refractivity contribution in [3.63, 3.8) is 0 Å². The van der Waals surface area contributed by atoms with Gasteiger partial charge >= 0.3 is 0 Å². The van der Waals surface area contributed by atoms with Crippen LogP contribution in [0.1, 0.15) is 192 Å². The van der Waals surface area contributed by atoms with E-state index in [1.54, 1.807) is 0 Å². The molecule has 49 heavy (non-hydrogen) atoms. The molecule has 0 heteroatoms. The van der Waals surface area contributed by atoms with Crippen LogP contribution < -0.4 is 0 Å². The maximum Gasteiger partial charge on any atom is -0.00851 e. The maximum atomic E-state index is 2.82. The van der Waals surface area contributed by atoms with Crippen LogP contribution in [0.15, 0.2) is 23.3 Å². The third-order valence-electron chi connectivity index (χ3n) is 19.8. The first-order valence-corrected chi connectivity index (χ1v) is 21.8. The summed E-state index contributed by atoms with van der Waals surface area (Å²) in [5.41, 5.74) is 6.06. The minimum atomic E-state index is 0. The molecule has 6 fully saturated rings. The lowest BCUT2D eigenvalue weighted by Gasteiger charge is -2.59. The third-order valence-corrected chi connectivity index (χ3v) is 19.8. The average molecular weight is 673 g/mol. The Morgan fingerprint density at radius 3 is 1.35 bits per heavy atom. The van der Waals surface area contributed by atoms with Gasteiger partial charge in [-0.3, -0.25) is 0 Å². The molecule has 8 aliphatic carbocycles. The summed E-state index contributed by atoms with van der Waals surface area (Å²) < 4.78 is 0. The van der Waals surface area contributed by atoms with Gasteiger partial charge in [0.1, 0.15) is 0 Å². The Morgan fingerprint density at radius 2 is 0.959 bits per heavy atom. The Hall–Kier alpha value is -0.520. The molecule has 0 N–H and O–H groups in total. The summed E-state index contributed by atoms with van der Waals surface area (Å²) >= 11 is 0. The largest absolute Gasteiger partial charge is 0.0845 e. The molecule has 8 rings (SSSR count). The lowest BCUT2D eigenvalue weighted by Crippen LogP contribution is -2.51. The van der Waals surface area contributed by atoms with Crippen LogP contribution in [-0.2, 0) is 0 Å². The van der Waals surface area contributed by atoms with Crippen LogP contribution in [0.5, 0.6) is 0 Å². The molecule has 8 unspecified atom stereocenters. The van der Waals surface area contributed by atoms with Gasteiger partial charge in [0.2, 0.25) is 0 Å². The highest BCUT2D eigenvalue weighted by atomic mass is 14.7. The highest BCUT2D eigenvalue weighted by Crippen LogP contribution is 2.70. The molecule has 0 aromatic carbocycles. The maximum absolute atomic E-state index is 2.82. The lowest BCUT2D eigenvalue weighted by molar-refractivity contribution is -0.0619. The van der Waals surface area contributed by atoms with Gasteiger partial charge in [-0.25, -0.2) is 0 Å². The fourth-order valence-electron chi connectivity index (χ4n) is 17.0. The van der Waals surface area contributed by atoms with Crippen LogP contribution in [0.3, 0.4) is 0 Å². The lowest BCUT2D eigenvalue weighted by atomic mass is 9.46. The molecule has 0 bridgehead atoms. The predicted molar refractivity (Wildman–Crippen MR) is 214 cm³/mol. The van der Waals surface area contributed by atoms with Gasteiger partial charge in [-0.15, -0.1) is 0 Å². The molecule has 0 heterocycles. The van der Waals surface area contributed by atoms with Crippen LogP contribution in [0, 0.1) is 92.7 Å². The quantitative estimate of drug-likeness (QED) is 0.246. The molecule has 0 saturated heterocycles. The van der Waals surface area contributed by atoms with E-state index >= 15 is 0 Å². The summed E-state index contributed by atoms with van der Waals surface area (Å²) in [5, 5.41) is 0. The Balaban J connectivity index is 0.00000208. The zero-order chi connectivity index (χ0) is 32.9. The molecular weight excluding hydrogens is 589 g/mol. The van der Waals surface area contributed by atoms with Crippen LogP contribution in [-0.4, -0.2) is 0 Å². The van der Waals surface area contributed by atoms with Gasteiger partial charge in [-0.05, 0) is 202 Å². The van der Waals surface area contributed by atoms with Crippen molar-refractivity contribution in [2.45, 2.75) is 192 Å². The molecule has 16 atom stereocenters. The number of rotatable bonds is 6. The van der Waals surface area contributed by atoms with E-state index in [0.29, 0.717) is 21.7 Å². The molecule has 0 aliphatic heterocycles. The van der Waals surface area contributed by atoms with Crippen LogP contribution in [0.4, 0.5) is 0 Å². The van der Waals surface area contributed by atoms with E-state index in [9.17, 15) is 0 Å². The average Bonchev–Trinajstić information content (AvgIpc) is 3.61. The van der Waals surface area contributed by atoms with Crippen molar-refractivity contribution >= 4 is 0 Å². The van der Waals surface area contributed by atoms with Crippen LogP contribution in [0.2, 0.25) is 0 Å². The smallest absolute Gasteiger partial charge is 0.00851 e. The number of hydrogen-bond donors (Lipinski definition) is 0. The van der Waals surface area contributed by atoms with E-state index in [1.807, 2.05) is 11.1 Å². The number of fused-ring (bicyclic) bond motifs is 10. The molecule has 0 radical (unpaired) electrons. The highest BCUT2D eigenvalue weighted by molar-refractivity contribution is 5.26. The first-order valence-electron chi connectivity index (χ1n) is 21.8. The molecule has 280 valence electrons. The Bertz CT molecular complexity index is 1140. The van der Waals surface area contributed by atoms with Gasteiger partial charge in [0, 0.05) is 0 Å². The van der Waals surface area contributed by atoms with E-state index in [1.165, 1.54) is 122 Å². The van der Waals surface area contributed by atoms with Crippen LogP contribution >= 0.6 is 0 Å². The molecule has 0 aromatic rings. The fourth-order valence-corrected chi connectivity index (χ4v) is 17.0. The molecule has 8 aliphatic rings. The standard InChI is InChI=1S/C47H76.2CH4/c1-9-32-19-23-44(5)34(28-32)11-13-36-40-17-15-38(46(40,7)25-21-42(36)44)30(3)27-31(4)39-16-18-41-37-14-12-35-29-33(10-2)20-24-45(35,6)43(37)22-26-47(39,41)8;;/h11-12,30-33,36-43H,9-10,13-29H2,1-8H3;2*1H4/t30-,31-,32+,33+,36-,37-,38?,39?,40+,41+,42?,43?,44?,45?,46?,47?;;/m1../s1. The van der Waals surface area contributed by atoms with Crippen molar-refractivity contribution in [3.05, 3.63) is 23.3 Å². The molecule has 0 spiro atoms. The van der Waals surface area contributed by atoms with E-state index in [2.05, 4.69) is 67.5 Å². The Morgan fingerprint density at radius 1 is 0.551 bits per heavy atom. The second-order valence-electron chi connectivity index (χ2n) is 21.2. The van der Waals surface area contributed by atoms with Crippen molar-refractivity contribution in [1.29, 1.82) is 0 Å². The van der Waals surface area contributed by atoms with E-state index < -0.39 is 0 Å². The summed E-state index contributed by atoms with van der Waals surface area (Å²) in [6.45, 7) is 21.4. The van der Waals surface area contributed by atoms with Crippen LogP contribution in [0.25, 0.3) is 0 Å². The van der Waals surface area contributed by atoms with Gasteiger partial charge in [0.25, 0.3) is 0 Å². The second-order valence-corrected chi connectivity index (χ2v) is 21.2. The van der Waals surface area contributed by atoms with E-state index in [-0.39, 0.29) is 14.9 Å². The third kappa shape index (κ3) is 5.68. The number of hydrogen-bond acceptors (Lipinski definition) is 0. The van der Waals surface area contributed by atoms with Crippen molar-refractivity contribution in [2.24, 2.45) is 92.7 Å². The summed E-state index contributed by atoms with van der Waals surface area (Å²) in [6, 6.07) is 0. The van der Waals surface area contributed by atoms with Crippen molar-refractivity contribution in [3.8, 4) is 0 Å². The van der Waals surface area contributed by atoms with Crippen molar-refractivity contribution in [1.82, 2.24) is 0 Å². The molecule has 0 aromatic heterocycles. The first-order chi connectivity index (χ1) is 22.5. The summed E-state index contributed by atoms with van der Waals surface area (Å²) in [4.78, 5) is 0. The minimum Gasteiger partial charge on any atom is -0.0845 e. The van der Waals surface area contributed by atoms with Crippen molar-refractivity contribution < 1.29 is 0 Å². The van der Waals surface area contributed by atoms with E-state index in [0.717, 1.165) is 71.0 Å². The first kappa shape index (κ1) is 38.2. The summed E-state index contributed by atoms with van der Waals surface area (Å²) in [5.74, 6) is 11.5. The van der Waals surface area contributed by atoms with Crippen molar-refractivity contribution in [2.75, 3.05) is 0 Å². The SMILES string of the molecule is C.C.CC[C@H]1CCC2(C)C(=CC[C@H]3C2CCC2(C)C([C@H](C)C[C@@H](C)C4CC[C@H]5[C@H]6CC=C7C[C@@H](CC)CCC7(C)C6CCC45C)CC[C@@H]32)C1. The predicted octanol–water partition coefficient (Wildman–Crippen LogP) is 15.1. The topological polar surface area (TPSA) is 0 Å². The zero-order valence-electron chi connectivity index (χ0n) is 32.5. The Kier molecular flexibility index (Phi) is 10.7. The molecular formula is C49H84. The molecule has 0 amide bonds. The van der Waals surface area contributed by atoms with Gasteiger partial charge in [0.15, 0.2) is 0 Å². The fraction of sp³-hybridized carbons (Fsp3) is 0.918. The van der Waals surface area contributed by atoms with Gasteiger partial charge in [-0.1, -0.05) is 106 Å². The summed E-state index contributed by atoms with van der Waals surface area (Å²) in [7, 11) is 0. The highest BCUT2D eigenvalue weighted by Gasteiger charge is 2.61. The van der Waals surface area contributed by atoms with Gasteiger partial charge in [0.05, 0.1) is 0 Å². The van der Waals surface area contributed by atoms with Gasteiger partial charge in [-0.2, -0.15) is 0 Å². The monoisotopic (exact) mass is 673 g/mol. The minimum absolute atomic E-state index is 0. The van der Waals surface area contributed by atoms with Gasteiger partial charge < -0.3 is 0 Å².